The molecule has 0 atom stereocenters. The van der Waals surface area contributed by atoms with Crippen LogP contribution in [0.2, 0.25) is 5.02 Å². The van der Waals surface area contributed by atoms with Crippen molar-refractivity contribution in [2.24, 2.45) is 0 Å². The summed E-state index contributed by atoms with van der Waals surface area (Å²) in [5.74, 6) is 3.72. The molecule has 3 N–H and O–H groups in total. The predicted molar refractivity (Wildman–Crippen MR) is 308 cm³/mol. The van der Waals surface area contributed by atoms with Crippen molar-refractivity contribution in [3.63, 3.8) is 0 Å². The van der Waals surface area contributed by atoms with Crippen LogP contribution < -0.4 is 9.47 Å². The summed E-state index contributed by atoms with van der Waals surface area (Å²) in [6.45, 7) is 12.8. The minimum atomic E-state index is -3.00. The minimum Gasteiger partial charge on any atom is -0.465 e. The van der Waals surface area contributed by atoms with Gasteiger partial charge in [-0.2, -0.15) is 4.33 Å². The third-order valence-corrected chi connectivity index (χ3v) is 16.4. The molecule has 4 heterocycles. The highest BCUT2D eigenvalue weighted by Crippen LogP contribution is 2.35. The molecule has 0 fully saturated rings. The summed E-state index contributed by atoms with van der Waals surface area (Å²) < 4.78 is 50.2. The number of hydrogen-bond donors (Lipinski definition) is 3. The van der Waals surface area contributed by atoms with E-state index in [-0.39, 0.29) is 11.2 Å². The van der Waals surface area contributed by atoms with E-state index < -0.39 is 15.8 Å². The van der Waals surface area contributed by atoms with E-state index in [1.54, 1.807) is 33.3 Å². The van der Waals surface area contributed by atoms with Crippen molar-refractivity contribution >= 4 is 56.6 Å². The highest BCUT2D eigenvalue weighted by atomic mass is 35.5. The zero-order chi connectivity index (χ0) is 55.5. The highest BCUT2D eigenvalue weighted by Gasteiger charge is 2.29. The van der Waals surface area contributed by atoms with Crippen LogP contribution in [0.5, 0.6) is 17.2 Å². The lowest BCUT2D eigenvalue weighted by atomic mass is 9.84. The molecule has 0 saturated carbocycles. The zero-order valence-electron chi connectivity index (χ0n) is 46.9. The van der Waals surface area contributed by atoms with Crippen LogP contribution in [0, 0.1) is 19.3 Å². The van der Waals surface area contributed by atoms with Gasteiger partial charge in [-0.25, -0.2) is 27.1 Å². The fraction of sp³-hybridized carbons (Fsp3) is 0.614. The van der Waals surface area contributed by atoms with Gasteiger partial charge in [0.05, 0.1) is 54.2 Å². The molecule has 0 aliphatic carbocycles. The molecule has 0 spiro atoms. The number of H-pyrrole nitrogens is 2. The number of benzene rings is 2. The molecule has 0 aliphatic rings. The van der Waals surface area contributed by atoms with Crippen molar-refractivity contribution in [3.05, 3.63) is 82.2 Å². The van der Waals surface area contributed by atoms with Gasteiger partial charge >= 0.3 is 5.97 Å². The Labute approximate surface area is 466 Å². The fourth-order valence-corrected chi connectivity index (χ4v) is 11.3. The van der Waals surface area contributed by atoms with Gasteiger partial charge < -0.3 is 14.2 Å². The maximum absolute atomic E-state index is 12.4. The summed E-state index contributed by atoms with van der Waals surface area (Å²) in [6.07, 6.45) is 26.7. The SMILES string of the molecule is CCCCCCCCCCCC(=N)Oc1ccc(SOOCCCc2nnc3c(Oc4ccc(C(=O)OC)cc4)c(C)[nH]n23)cc1.CCCCCCCCCCCCS(=O)(=O)CCCC(C)(C)c1[nH]n2c(C)nnc2c1Cl. The van der Waals surface area contributed by atoms with Crippen LogP contribution in [0.25, 0.3) is 11.3 Å². The Morgan fingerprint density at radius 2 is 1.27 bits per heavy atom. The Hall–Kier alpha value is -4.95. The maximum atomic E-state index is 12.4. The van der Waals surface area contributed by atoms with Crippen LogP contribution in [-0.2, 0) is 35.6 Å². The van der Waals surface area contributed by atoms with Gasteiger partial charge in [0.2, 0.25) is 5.65 Å². The summed E-state index contributed by atoms with van der Waals surface area (Å²) in [5, 5.41) is 31.9. The number of nitrogens with one attached hydrogen (secondary N) is 3. The number of rotatable bonds is 37. The van der Waals surface area contributed by atoms with E-state index in [4.69, 9.17) is 40.4 Å². The normalized spacial score (nSPS) is 11.8. The number of sulfone groups is 1. The van der Waals surface area contributed by atoms with Crippen LogP contribution in [0.1, 0.15) is 209 Å². The number of unbranched alkanes of at least 4 members (excludes halogenated alkanes) is 17. The van der Waals surface area contributed by atoms with Crippen molar-refractivity contribution in [1.29, 1.82) is 5.41 Å². The monoisotopic (exact) mass is 1120 g/mol. The van der Waals surface area contributed by atoms with Crippen molar-refractivity contribution < 1.29 is 36.6 Å². The Balaban J connectivity index is 0.000000307. The van der Waals surface area contributed by atoms with Crippen LogP contribution in [0.3, 0.4) is 0 Å². The third-order valence-electron chi connectivity index (χ3n) is 13.6. The molecular weight excluding hydrogens is 1040 g/mol. The molecule has 4 aromatic heterocycles. The number of aryl methyl sites for hydroxylation is 3. The van der Waals surface area contributed by atoms with Gasteiger partial charge in [0.1, 0.15) is 32.2 Å². The molecule has 2 aromatic carbocycles. The lowest BCUT2D eigenvalue weighted by Crippen LogP contribution is -2.21. The van der Waals surface area contributed by atoms with Gasteiger partial charge in [-0.05, 0) is 94.5 Å². The van der Waals surface area contributed by atoms with E-state index in [0.717, 1.165) is 78.5 Å². The van der Waals surface area contributed by atoms with Gasteiger partial charge in [-0.3, -0.25) is 15.6 Å². The van der Waals surface area contributed by atoms with Gasteiger partial charge in [0.15, 0.2) is 23.1 Å². The smallest absolute Gasteiger partial charge is 0.337 e. The van der Waals surface area contributed by atoms with E-state index in [1.807, 2.05) is 38.1 Å². The van der Waals surface area contributed by atoms with E-state index in [2.05, 4.69) is 58.3 Å². The molecule has 0 amide bonds. The second kappa shape index (κ2) is 33.5. The number of ether oxygens (including phenoxy) is 3. The van der Waals surface area contributed by atoms with E-state index in [0.29, 0.717) is 83.1 Å². The minimum absolute atomic E-state index is 0.240. The van der Waals surface area contributed by atoms with Crippen molar-refractivity contribution in [2.75, 3.05) is 25.2 Å². The van der Waals surface area contributed by atoms with E-state index in [1.165, 1.54) is 97.0 Å². The topological polar surface area (TPSA) is 213 Å². The van der Waals surface area contributed by atoms with Crippen LogP contribution in [0.15, 0.2) is 53.4 Å². The number of halogens is 1. The zero-order valence-corrected chi connectivity index (χ0v) is 49.2. The average Bonchev–Trinajstić information content (AvgIpc) is 4.17. The Kier molecular flexibility index (Phi) is 27.3. The molecule has 0 radical (unpaired) electrons. The first-order valence-corrected chi connectivity index (χ1v) is 31.0. The number of fused-ring (bicyclic) bond motifs is 2. The molecule has 20 heteroatoms. The second-order valence-corrected chi connectivity index (χ2v) is 24.1. The summed E-state index contributed by atoms with van der Waals surface area (Å²) in [4.78, 5) is 17.9. The number of carbonyl (C=O) groups excluding carboxylic acids is 1. The molecule has 0 saturated heterocycles. The molecule has 0 aliphatic heterocycles. The number of esters is 1. The van der Waals surface area contributed by atoms with Crippen molar-refractivity contribution in [3.8, 4) is 17.2 Å². The van der Waals surface area contributed by atoms with Crippen molar-refractivity contribution in [1.82, 2.24) is 39.6 Å². The molecule has 6 rings (SSSR count). The standard InChI is InChI=1S/C34H45N5O6S.C23H41ClN4O2S/c1-4-5-6-7-8-9-10-11-12-14-30(35)43-27-20-22-29(23-21-27)46-45-42-24-13-15-31-36-37-33-32(25(2)38-39(31)33)44-28-18-16-26(17-19-28)34(40)41-3;1-5-6-7-8-9-10-11-12-13-14-17-31(29,30)18-15-16-23(3,4)21-20(24)22-26-25-19(2)28(22)27-21/h16-23,35,38H,4-15,24H2,1-3H3;27H,5-18H2,1-4H3. The Morgan fingerprint density at radius 3 is 1.88 bits per heavy atom. The number of carbonyl (C=O) groups is 1. The van der Waals surface area contributed by atoms with Gasteiger partial charge in [-0.1, -0.05) is 148 Å². The first kappa shape index (κ1) is 62.9. The largest absolute Gasteiger partial charge is 0.465 e. The average molecular weight is 1120 g/mol. The van der Waals surface area contributed by atoms with Gasteiger partial charge in [0.25, 0.3) is 0 Å². The number of hydrogen-bond acceptors (Lipinski definition) is 14. The number of nitrogens with zero attached hydrogens (tertiary/aromatic N) is 6. The lowest BCUT2D eigenvalue weighted by Gasteiger charge is -2.23. The number of aromatic amines is 2. The molecule has 77 heavy (non-hydrogen) atoms. The molecule has 17 nitrogen and oxygen atoms in total. The fourth-order valence-electron chi connectivity index (χ4n) is 9.02. The van der Waals surface area contributed by atoms with Crippen LogP contribution in [0.4, 0.5) is 0 Å². The number of aromatic nitrogens is 8. The van der Waals surface area contributed by atoms with Gasteiger partial charge in [0, 0.05) is 23.2 Å². The summed E-state index contributed by atoms with van der Waals surface area (Å²) in [5.41, 5.74) is 3.05. The van der Waals surface area contributed by atoms with Crippen LogP contribution in [-0.4, -0.2) is 85.1 Å². The summed E-state index contributed by atoms with van der Waals surface area (Å²) in [6, 6.07) is 14.1. The highest BCUT2D eigenvalue weighted by molar-refractivity contribution is 7.94. The molecule has 426 valence electrons. The number of methoxy groups -OCH3 is 1. The summed E-state index contributed by atoms with van der Waals surface area (Å²) >= 11 is 7.63. The first-order valence-electron chi connectivity index (χ1n) is 28.1. The third kappa shape index (κ3) is 21.3. The van der Waals surface area contributed by atoms with E-state index in [9.17, 15) is 13.2 Å². The molecule has 0 bridgehead atoms. The van der Waals surface area contributed by atoms with E-state index >= 15 is 0 Å². The Morgan fingerprint density at radius 1 is 0.701 bits per heavy atom. The molecular formula is C57H86ClN9O8S2. The summed E-state index contributed by atoms with van der Waals surface area (Å²) in [7, 11) is -1.65. The van der Waals surface area contributed by atoms with Gasteiger partial charge in [-0.15, -0.1) is 20.4 Å². The quantitative estimate of drug-likeness (QED) is 0.00631. The second-order valence-electron chi connectivity index (χ2n) is 20.6. The predicted octanol–water partition coefficient (Wildman–Crippen LogP) is 15.2. The Bertz CT molecular complexity index is 2770. The molecule has 0 unspecified atom stereocenters. The molecule has 6 aromatic rings. The first-order chi connectivity index (χ1) is 37.2. The lowest BCUT2D eigenvalue weighted by molar-refractivity contribution is -0.191. The van der Waals surface area contributed by atoms with Crippen LogP contribution >= 0.6 is 23.6 Å². The van der Waals surface area contributed by atoms with Crippen molar-refractivity contribution in [2.45, 2.75) is 206 Å². The maximum Gasteiger partial charge on any atom is 0.337 e.